The van der Waals surface area contributed by atoms with Crippen LogP contribution in [0.4, 0.5) is 0 Å². The number of terminal acetylenes is 1. The second-order valence-electron chi connectivity index (χ2n) is 3.86. The molecule has 1 rings (SSSR count). The van der Waals surface area contributed by atoms with Crippen molar-refractivity contribution >= 4 is 0 Å². The number of nitrogens with zero attached hydrogens (tertiary/aromatic N) is 1. The zero-order valence-corrected chi connectivity index (χ0v) is 9.73. The Hall–Kier alpha value is -1.30. The predicted octanol–water partition coefficient (Wildman–Crippen LogP) is 1.86. The van der Waals surface area contributed by atoms with Crippen LogP contribution in [-0.2, 0) is 6.54 Å². The average molecular weight is 216 g/mol. The van der Waals surface area contributed by atoms with E-state index in [-0.39, 0.29) is 0 Å². The number of hydrogen-bond donors (Lipinski definition) is 1. The summed E-state index contributed by atoms with van der Waals surface area (Å²) in [6.45, 7) is 3.67. The minimum Gasteiger partial charge on any atom is -0.330 e. The molecule has 0 atom stereocenters. The molecule has 0 heterocycles. The Morgan fingerprint density at radius 3 is 2.56 bits per heavy atom. The second kappa shape index (κ2) is 7.92. The van der Waals surface area contributed by atoms with Gasteiger partial charge in [0.2, 0.25) is 0 Å². The van der Waals surface area contributed by atoms with Gasteiger partial charge in [-0.05, 0) is 25.1 Å². The number of benzene rings is 1. The SMILES string of the molecule is C#CCCN(CCCN)Cc1ccccc1. The van der Waals surface area contributed by atoms with Crippen LogP contribution in [0, 0.1) is 12.3 Å². The van der Waals surface area contributed by atoms with Gasteiger partial charge in [0, 0.05) is 19.5 Å². The van der Waals surface area contributed by atoms with Gasteiger partial charge in [-0.3, -0.25) is 4.90 Å². The van der Waals surface area contributed by atoms with Gasteiger partial charge in [-0.2, -0.15) is 0 Å². The Labute approximate surface area is 98.4 Å². The van der Waals surface area contributed by atoms with Gasteiger partial charge in [0.15, 0.2) is 0 Å². The van der Waals surface area contributed by atoms with E-state index in [2.05, 4.69) is 35.1 Å². The minimum atomic E-state index is 0.737. The molecule has 0 bridgehead atoms. The predicted molar refractivity (Wildman–Crippen MR) is 68.8 cm³/mol. The van der Waals surface area contributed by atoms with Crippen molar-refractivity contribution < 1.29 is 0 Å². The van der Waals surface area contributed by atoms with E-state index in [9.17, 15) is 0 Å². The first-order chi connectivity index (χ1) is 7.86. The molecule has 1 aromatic carbocycles. The van der Waals surface area contributed by atoms with E-state index in [1.54, 1.807) is 0 Å². The zero-order valence-electron chi connectivity index (χ0n) is 9.73. The number of rotatable bonds is 7. The average Bonchev–Trinajstić information content (AvgIpc) is 2.34. The molecule has 86 valence electrons. The highest BCUT2D eigenvalue weighted by molar-refractivity contribution is 5.14. The Balaban J connectivity index is 2.46. The van der Waals surface area contributed by atoms with Crippen molar-refractivity contribution in [2.24, 2.45) is 5.73 Å². The van der Waals surface area contributed by atoms with Gasteiger partial charge in [0.1, 0.15) is 0 Å². The van der Waals surface area contributed by atoms with Crippen molar-refractivity contribution in [1.82, 2.24) is 4.90 Å². The molecule has 0 aliphatic rings. The van der Waals surface area contributed by atoms with E-state index < -0.39 is 0 Å². The van der Waals surface area contributed by atoms with E-state index in [0.29, 0.717) is 0 Å². The van der Waals surface area contributed by atoms with Crippen molar-refractivity contribution in [2.75, 3.05) is 19.6 Å². The molecule has 2 heteroatoms. The molecule has 1 aromatic rings. The zero-order chi connectivity index (χ0) is 11.6. The van der Waals surface area contributed by atoms with Crippen LogP contribution >= 0.6 is 0 Å². The van der Waals surface area contributed by atoms with Crippen LogP contribution in [-0.4, -0.2) is 24.5 Å². The van der Waals surface area contributed by atoms with Gasteiger partial charge < -0.3 is 5.73 Å². The number of nitrogens with two attached hydrogens (primary N) is 1. The molecular formula is C14H20N2. The molecule has 0 aliphatic heterocycles. The van der Waals surface area contributed by atoms with E-state index in [1.807, 2.05) is 6.07 Å². The Kier molecular flexibility index (Phi) is 6.32. The van der Waals surface area contributed by atoms with Crippen LogP contribution < -0.4 is 5.73 Å². The quantitative estimate of drug-likeness (QED) is 0.705. The normalized spacial score (nSPS) is 10.3. The maximum Gasteiger partial charge on any atom is 0.0234 e. The monoisotopic (exact) mass is 216 g/mol. The van der Waals surface area contributed by atoms with Crippen molar-refractivity contribution in [3.63, 3.8) is 0 Å². The van der Waals surface area contributed by atoms with Gasteiger partial charge in [0.25, 0.3) is 0 Å². The van der Waals surface area contributed by atoms with Crippen LogP contribution in [0.1, 0.15) is 18.4 Å². The van der Waals surface area contributed by atoms with Gasteiger partial charge in [-0.1, -0.05) is 30.3 Å². The molecule has 2 N–H and O–H groups in total. The largest absolute Gasteiger partial charge is 0.330 e. The summed E-state index contributed by atoms with van der Waals surface area (Å²) in [6.07, 6.45) is 7.13. The lowest BCUT2D eigenvalue weighted by molar-refractivity contribution is 0.270. The van der Waals surface area contributed by atoms with E-state index in [0.717, 1.165) is 39.0 Å². The molecule has 0 saturated carbocycles. The van der Waals surface area contributed by atoms with E-state index in [4.69, 9.17) is 12.2 Å². The fourth-order valence-corrected chi connectivity index (χ4v) is 1.65. The number of hydrogen-bond acceptors (Lipinski definition) is 2. The maximum absolute atomic E-state index is 5.53. The standard InChI is InChI=1S/C14H20N2/c1-2-3-11-16(12-7-10-15)13-14-8-5-4-6-9-14/h1,4-6,8-9H,3,7,10-13,15H2. The Morgan fingerprint density at radius 2 is 1.94 bits per heavy atom. The van der Waals surface area contributed by atoms with E-state index in [1.165, 1.54) is 5.56 Å². The van der Waals surface area contributed by atoms with Crippen LogP contribution in [0.5, 0.6) is 0 Å². The van der Waals surface area contributed by atoms with Crippen LogP contribution in [0.15, 0.2) is 30.3 Å². The fourth-order valence-electron chi connectivity index (χ4n) is 1.65. The lowest BCUT2D eigenvalue weighted by Gasteiger charge is -2.21. The molecular weight excluding hydrogens is 196 g/mol. The Bertz CT molecular complexity index is 313. The summed E-state index contributed by atoms with van der Waals surface area (Å²) in [5, 5.41) is 0. The summed E-state index contributed by atoms with van der Waals surface area (Å²) in [7, 11) is 0. The maximum atomic E-state index is 5.53. The van der Waals surface area contributed by atoms with Crippen LogP contribution in [0.2, 0.25) is 0 Å². The second-order valence-corrected chi connectivity index (χ2v) is 3.86. The molecule has 0 radical (unpaired) electrons. The molecule has 0 amide bonds. The van der Waals surface area contributed by atoms with Gasteiger partial charge in [-0.25, -0.2) is 0 Å². The highest BCUT2D eigenvalue weighted by Gasteiger charge is 2.04. The molecule has 0 unspecified atom stereocenters. The smallest absolute Gasteiger partial charge is 0.0234 e. The highest BCUT2D eigenvalue weighted by Crippen LogP contribution is 2.05. The van der Waals surface area contributed by atoms with Crippen molar-refractivity contribution in [2.45, 2.75) is 19.4 Å². The summed E-state index contributed by atoms with van der Waals surface area (Å²) >= 11 is 0. The first kappa shape index (κ1) is 12.8. The molecule has 0 saturated heterocycles. The van der Waals surface area contributed by atoms with Crippen molar-refractivity contribution in [3.8, 4) is 12.3 Å². The molecule has 2 nitrogen and oxygen atoms in total. The van der Waals surface area contributed by atoms with Gasteiger partial charge in [0.05, 0.1) is 0 Å². The van der Waals surface area contributed by atoms with Gasteiger partial charge in [-0.15, -0.1) is 12.3 Å². The lowest BCUT2D eigenvalue weighted by atomic mass is 10.2. The molecule has 16 heavy (non-hydrogen) atoms. The third-order valence-corrected chi connectivity index (χ3v) is 2.50. The summed E-state index contributed by atoms with van der Waals surface area (Å²) in [4.78, 5) is 2.36. The molecule has 0 spiro atoms. The van der Waals surface area contributed by atoms with Crippen LogP contribution in [0.3, 0.4) is 0 Å². The summed E-state index contributed by atoms with van der Waals surface area (Å²) < 4.78 is 0. The Morgan fingerprint density at radius 1 is 1.19 bits per heavy atom. The minimum absolute atomic E-state index is 0.737. The lowest BCUT2D eigenvalue weighted by Crippen LogP contribution is -2.26. The third-order valence-electron chi connectivity index (χ3n) is 2.50. The summed E-state index contributed by atoms with van der Waals surface area (Å²) in [5.74, 6) is 2.69. The molecule has 0 fully saturated rings. The van der Waals surface area contributed by atoms with Crippen molar-refractivity contribution in [1.29, 1.82) is 0 Å². The molecule has 0 aliphatic carbocycles. The highest BCUT2D eigenvalue weighted by atomic mass is 15.1. The van der Waals surface area contributed by atoms with Crippen LogP contribution in [0.25, 0.3) is 0 Å². The van der Waals surface area contributed by atoms with E-state index >= 15 is 0 Å². The first-order valence-electron chi connectivity index (χ1n) is 5.76. The van der Waals surface area contributed by atoms with Crippen molar-refractivity contribution in [3.05, 3.63) is 35.9 Å². The summed E-state index contributed by atoms with van der Waals surface area (Å²) in [5.41, 5.74) is 6.86. The topological polar surface area (TPSA) is 29.3 Å². The van der Waals surface area contributed by atoms with Gasteiger partial charge >= 0.3 is 0 Å². The third kappa shape index (κ3) is 4.97. The first-order valence-corrected chi connectivity index (χ1v) is 5.76. The molecule has 0 aromatic heterocycles. The summed E-state index contributed by atoms with van der Waals surface area (Å²) in [6, 6.07) is 10.5. The fraction of sp³-hybridized carbons (Fsp3) is 0.429.